The second kappa shape index (κ2) is 4.97. The lowest BCUT2D eigenvalue weighted by molar-refractivity contribution is 0.424. The number of nitrogens with zero attached hydrogens (tertiary/aromatic N) is 1. The minimum absolute atomic E-state index is 0.558. The van der Waals surface area contributed by atoms with Crippen LogP contribution in [0, 0.1) is 5.92 Å². The zero-order valence-corrected chi connectivity index (χ0v) is 8.62. The van der Waals surface area contributed by atoms with Crippen LogP contribution in [0.2, 0.25) is 0 Å². The summed E-state index contributed by atoms with van der Waals surface area (Å²) in [5.74, 6) is 0.665. The number of hydrogen-bond donors (Lipinski definition) is 1. The van der Waals surface area contributed by atoms with Gasteiger partial charge in [0.25, 0.3) is 0 Å². The Morgan fingerprint density at radius 1 is 1.31 bits per heavy atom. The van der Waals surface area contributed by atoms with Crippen molar-refractivity contribution in [2.75, 3.05) is 7.05 Å². The molecule has 0 saturated heterocycles. The molecule has 1 N–H and O–H groups in total. The number of aromatic nitrogens is 1. The van der Waals surface area contributed by atoms with Gasteiger partial charge in [-0.3, -0.25) is 4.98 Å². The van der Waals surface area contributed by atoms with Crippen molar-refractivity contribution < 1.29 is 0 Å². The number of nitrogens with one attached hydrogen (secondary N) is 1. The van der Waals surface area contributed by atoms with E-state index in [-0.39, 0.29) is 0 Å². The maximum absolute atomic E-state index is 4.00. The molecule has 1 aromatic heterocycles. The fourth-order valence-corrected chi connectivity index (χ4v) is 1.44. The molecule has 1 atom stereocenters. The van der Waals surface area contributed by atoms with E-state index >= 15 is 0 Å². The van der Waals surface area contributed by atoms with Gasteiger partial charge in [-0.15, -0.1) is 0 Å². The van der Waals surface area contributed by atoms with Gasteiger partial charge in [0.15, 0.2) is 0 Å². The first-order valence-corrected chi connectivity index (χ1v) is 4.80. The van der Waals surface area contributed by atoms with Crippen molar-refractivity contribution in [1.29, 1.82) is 0 Å². The summed E-state index contributed by atoms with van der Waals surface area (Å²) in [5, 5.41) is 3.33. The van der Waals surface area contributed by atoms with Gasteiger partial charge in [-0.1, -0.05) is 13.8 Å². The van der Waals surface area contributed by atoms with E-state index in [1.165, 1.54) is 5.56 Å². The largest absolute Gasteiger partial charge is 0.316 e. The third-order valence-electron chi connectivity index (χ3n) is 2.38. The smallest absolute Gasteiger partial charge is 0.0270 e. The molecule has 1 unspecified atom stereocenters. The van der Waals surface area contributed by atoms with Crippen LogP contribution in [0.15, 0.2) is 24.5 Å². The zero-order chi connectivity index (χ0) is 9.68. The first-order valence-electron chi connectivity index (χ1n) is 4.80. The van der Waals surface area contributed by atoms with E-state index in [1.807, 2.05) is 19.4 Å². The number of likely N-dealkylation sites (N-methyl/N-ethyl adjacent to an activating group) is 1. The summed E-state index contributed by atoms with van der Waals surface area (Å²) in [7, 11) is 2.02. The van der Waals surface area contributed by atoms with Gasteiger partial charge in [-0.2, -0.15) is 0 Å². The molecule has 0 radical (unpaired) electrons. The van der Waals surface area contributed by atoms with Gasteiger partial charge < -0.3 is 5.32 Å². The molecular weight excluding hydrogens is 160 g/mol. The minimum Gasteiger partial charge on any atom is -0.316 e. The van der Waals surface area contributed by atoms with Crippen LogP contribution in [0.25, 0.3) is 0 Å². The third kappa shape index (κ3) is 3.15. The van der Waals surface area contributed by atoms with Gasteiger partial charge in [-0.05, 0) is 37.1 Å². The van der Waals surface area contributed by atoms with Crippen molar-refractivity contribution >= 4 is 0 Å². The Morgan fingerprint density at radius 2 is 1.92 bits per heavy atom. The number of rotatable bonds is 4. The molecule has 0 amide bonds. The average Bonchev–Trinajstić information content (AvgIpc) is 2.15. The lowest BCUT2D eigenvalue weighted by atomic mass is 9.97. The van der Waals surface area contributed by atoms with E-state index in [0.29, 0.717) is 12.0 Å². The van der Waals surface area contributed by atoms with Gasteiger partial charge in [0.05, 0.1) is 0 Å². The molecule has 0 aromatic carbocycles. The van der Waals surface area contributed by atoms with Gasteiger partial charge in [-0.25, -0.2) is 0 Å². The summed E-state index contributed by atoms with van der Waals surface area (Å²) in [6.07, 6.45) is 4.78. The molecular formula is C11H18N2. The van der Waals surface area contributed by atoms with Crippen molar-refractivity contribution in [2.45, 2.75) is 26.3 Å². The molecule has 0 fully saturated rings. The van der Waals surface area contributed by atoms with E-state index in [1.54, 1.807) is 0 Å². The van der Waals surface area contributed by atoms with Crippen LogP contribution in [-0.2, 0) is 6.42 Å². The Hall–Kier alpha value is -0.890. The molecule has 1 aromatic rings. The lowest BCUT2D eigenvalue weighted by Crippen LogP contribution is -2.32. The van der Waals surface area contributed by atoms with Crippen molar-refractivity contribution in [2.24, 2.45) is 5.92 Å². The summed E-state index contributed by atoms with van der Waals surface area (Å²) in [4.78, 5) is 4.00. The maximum atomic E-state index is 4.00. The Balaban J connectivity index is 2.57. The number of pyridine rings is 1. The first kappa shape index (κ1) is 10.2. The van der Waals surface area contributed by atoms with Crippen LogP contribution in [0.5, 0.6) is 0 Å². The van der Waals surface area contributed by atoms with Crippen LogP contribution in [0.1, 0.15) is 19.4 Å². The average molecular weight is 178 g/mol. The normalized spacial score (nSPS) is 13.2. The van der Waals surface area contributed by atoms with Crippen LogP contribution in [-0.4, -0.2) is 18.1 Å². The summed E-state index contributed by atoms with van der Waals surface area (Å²) in [5.41, 5.74) is 1.35. The summed E-state index contributed by atoms with van der Waals surface area (Å²) >= 11 is 0. The Labute approximate surface area is 80.4 Å². The van der Waals surface area contributed by atoms with E-state index < -0.39 is 0 Å². The van der Waals surface area contributed by atoms with Gasteiger partial charge >= 0.3 is 0 Å². The second-order valence-electron chi connectivity index (χ2n) is 3.70. The highest BCUT2D eigenvalue weighted by Gasteiger charge is 2.10. The predicted molar refractivity (Wildman–Crippen MR) is 55.6 cm³/mol. The molecule has 2 heteroatoms. The van der Waals surface area contributed by atoms with Crippen molar-refractivity contribution in [3.05, 3.63) is 30.1 Å². The fraction of sp³-hybridized carbons (Fsp3) is 0.545. The van der Waals surface area contributed by atoms with Gasteiger partial charge in [0, 0.05) is 18.4 Å². The van der Waals surface area contributed by atoms with E-state index in [9.17, 15) is 0 Å². The predicted octanol–water partition coefficient (Wildman–Crippen LogP) is 1.87. The molecule has 0 aliphatic rings. The second-order valence-corrected chi connectivity index (χ2v) is 3.70. The van der Waals surface area contributed by atoms with E-state index in [2.05, 4.69) is 36.3 Å². The zero-order valence-electron chi connectivity index (χ0n) is 8.62. The SMILES string of the molecule is CNC(Cc1ccncc1)C(C)C. The van der Waals surface area contributed by atoms with E-state index in [0.717, 1.165) is 6.42 Å². The number of hydrogen-bond acceptors (Lipinski definition) is 2. The summed E-state index contributed by atoms with van der Waals surface area (Å²) < 4.78 is 0. The topological polar surface area (TPSA) is 24.9 Å². The van der Waals surface area contributed by atoms with Crippen molar-refractivity contribution in [3.63, 3.8) is 0 Å². The molecule has 0 bridgehead atoms. The van der Waals surface area contributed by atoms with Crippen molar-refractivity contribution in [3.8, 4) is 0 Å². The monoisotopic (exact) mass is 178 g/mol. The van der Waals surface area contributed by atoms with Crippen LogP contribution in [0.3, 0.4) is 0 Å². The quantitative estimate of drug-likeness (QED) is 0.761. The Morgan fingerprint density at radius 3 is 2.38 bits per heavy atom. The molecule has 0 aliphatic carbocycles. The molecule has 13 heavy (non-hydrogen) atoms. The van der Waals surface area contributed by atoms with Gasteiger partial charge in [0.1, 0.15) is 0 Å². The summed E-state index contributed by atoms with van der Waals surface area (Å²) in [6, 6.07) is 4.71. The highest BCUT2D eigenvalue weighted by Crippen LogP contribution is 2.08. The lowest BCUT2D eigenvalue weighted by Gasteiger charge is -2.19. The molecule has 0 spiro atoms. The van der Waals surface area contributed by atoms with Crippen LogP contribution < -0.4 is 5.32 Å². The molecule has 0 aliphatic heterocycles. The van der Waals surface area contributed by atoms with Crippen LogP contribution in [0.4, 0.5) is 0 Å². The van der Waals surface area contributed by atoms with E-state index in [4.69, 9.17) is 0 Å². The fourth-order valence-electron chi connectivity index (χ4n) is 1.44. The summed E-state index contributed by atoms with van der Waals surface area (Å²) in [6.45, 7) is 4.48. The first-order chi connectivity index (χ1) is 6.24. The maximum Gasteiger partial charge on any atom is 0.0270 e. The molecule has 1 heterocycles. The Bertz CT molecular complexity index is 231. The highest BCUT2D eigenvalue weighted by molar-refractivity contribution is 5.11. The van der Waals surface area contributed by atoms with Crippen LogP contribution >= 0.6 is 0 Å². The molecule has 2 nitrogen and oxygen atoms in total. The van der Waals surface area contributed by atoms with Gasteiger partial charge in [0.2, 0.25) is 0 Å². The Kier molecular flexibility index (Phi) is 3.90. The third-order valence-corrected chi connectivity index (χ3v) is 2.38. The minimum atomic E-state index is 0.558. The molecule has 1 rings (SSSR count). The highest BCUT2D eigenvalue weighted by atomic mass is 14.9. The van der Waals surface area contributed by atoms with Crippen molar-refractivity contribution in [1.82, 2.24) is 10.3 Å². The molecule has 72 valence electrons. The molecule has 0 saturated carbocycles. The standard InChI is InChI=1S/C11H18N2/c1-9(2)11(12-3)8-10-4-6-13-7-5-10/h4-7,9,11-12H,8H2,1-3H3.